The van der Waals surface area contributed by atoms with E-state index in [9.17, 15) is 0 Å². The van der Waals surface area contributed by atoms with Crippen LogP contribution < -0.4 is 0 Å². The normalized spacial score (nSPS) is 37.6. The maximum absolute atomic E-state index is 6.09. The van der Waals surface area contributed by atoms with Gasteiger partial charge in [0.25, 0.3) is 0 Å². The molecule has 0 aromatic heterocycles. The van der Waals surface area contributed by atoms with Gasteiger partial charge in [0.05, 0.1) is 0 Å². The second-order valence-corrected chi connectivity index (χ2v) is 4.65. The van der Waals surface area contributed by atoms with Crippen LogP contribution in [0.15, 0.2) is 30.4 Å². The standard InChI is InChI=1S/C13H14O/c1-9-5-4-6-10-11(9)13(3)8-7-12(10,2)14-13/h4-8H,1-3H3. The molecule has 1 nitrogen and oxygen atoms in total. The van der Waals surface area contributed by atoms with Gasteiger partial charge in [-0.3, -0.25) is 0 Å². The molecule has 0 amide bonds. The van der Waals surface area contributed by atoms with Crippen LogP contribution in [0.2, 0.25) is 0 Å². The molecule has 3 rings (SSSR count). The van der Waals surface area contributed by atoms with E-state index in [0.717, 1.165) is 0 Å². The lowest BCUT2D eigenvalue weighted by molar-refractivity contribution is -0.0496. The van der Waals surface area contributed by atoms with Crippen LogP contribution in [0.1, 0.15) is 30.5 Å². The summed E-state index contributed by atoms with van der Waals surface area (Å²) in [5.74, 6) is 0. The van der Waals surface area contributed by atoms with E-state index in [4.69, 9.17) is 4.74 Å². The Morgan fingerprint density at radius 3 is 2.50 bits per heavy atom. The molecular formula is C13H14O. The van der Waals surface area contributed by atoms with E-state index in [1.807, 2.05) is 0 Å². The molecule has 0 aliphatic carbocycles. The third kappa shape index (κ3) is 0.747. The first-order chi connectivity index (χ1) is 6.55. The van der Waals surface area contributed by atoms with Crippen LogP contribution in [-0.2, 0) is 15.9 Å². The fourth-order valence-corrected chi connectivity index (χ4v) is 2.85. The van der Waals surface area contributed by atoms with Crippen molar-refractivity contribution in [3.63, 3.8) is 0 Å². The van der Waals surface area contributed by atoms with Gasteiger partial charge in [-0.1, -0.05) is 18.2 Å². The van der Waals surface area contributed by atoms with Crippen LogP contribution >= 0.6 is 0 Å². The molecule has 0 radical (unpaired) electrons. The summed E-state index contributed by atoms with van der Waals surface area (Å²) in [6.45, 7) is 6.44. The molecule has 14 heavy (non-hydrogen) atoms. The molecular weight excluding hydrogens is 172 g/mol. The van der Waals surface area contributed by atoms with Crippen LogP contribution in [0.25, 0.3) is 0 Å². The molecule has 2 atom stereocenters. The summed E-state index contributed by atoms with van der Waals surface area (Å²) in [6, 6.07) is 6.45. The van der Waals surface area contributed by atoms with Crippen LogP contribution in [0, 0.1) is 6.92 Å². The summed E-state index contributed by atoms with van der Waals surface area (Å²) in [7, 11) is 0. The molecule has 1 aromatic rings. The lowest BCUT2D eigenvalue weighted by Gasteiger charge is -2.19. The third-order valence-electron chi connectivity index (χ3n) is 3.45. The van der Waals surface area contributed by atoms with Gasteiger partial charge in [0.2, 0.25) is 0 Å². The second-order valence-electron chi connectivity index (χ2n) is 4.65. The number of hydrogen-bond donors (Lipinski definition) is 0. The minimum Gasteiger partial charge on any atom is -0.351 e. The molecule has 0 spiro atoms. The van der Waals surface area contributed by atoms with Crippen LogP contribution in [-0.4, -0.2) is 0 Å². The van der Waals surface area contributed by atoms with Gasteiger partial charge in [0.1, 0.15) is 11.2 Å². The Labute approximate surface area is 84.4 Å². The smallest absolute Gasteiger partial charge is 0.111 e. The van der Waals surface area contributed by atoms with Gasteiger partial charge >= 0.3 is 0 Å². The van der Waals surface area contributed by atoms with Crippen molar-refractivity contribution in [2.75, 3.05) is 0 Å². The van der Waals surface area contributed by atoms with E-state index >= 15 is 0 Å². The summed E-state index contributed by atoms with van der Waals surface area (Å²) in [4.78, 5) is 0. The quantitative estimate of drug-likeness (QED) is 0.566. The van der Waals surface area contributed by atoms with Crippen molar-refractivity contribution in [2.45, 2.75) is 32.0 Å². The maximum atomic E-state index is 6.09. The van der Waals surface area contributed by atoms with Gasteiger partial charge in [-0.15, -0.1) is 0 Å². The highest BCUT2D eigenvalue weighted by atomic mass is 16.5. The summed E-state index contributed by atoms with van der Waals surface area (Å²) in [6.07, 6.45) is 4.36. The minimum atomic E-state index is -0.185. The van der Waals surface area contributed by atoms with E-state index in [1.54, 1.807) is 0 Å². The monoisotopic (exact) mass is 186 g/mol. The Morgan fingerprint density at radius 2 is 1.79 bits per heavy atom. The molecule has 0 N–H and O–H groups in total. The van der Waals surface area contributed by atoms with Crippen molar-refractivity contribution in [3.8, 4) is 0 Å². The highest BCUT2D eigenvalue weighted by Gasteiger charge is 2.50. The SMILES string of the molecule is Cc1cccc2c1C1(C)C=CC2(C)O1. The van der Waals surface area contributed by atoms with Gasteiger partial charge < -0.3 is 4.74 Å². The molecule has 1 heteroatoms. The summed E-state index contributed by atoms with van der Waals surface area (Å²) >= 11 is 0. The first-order valence-electron chi connectivity index (χ1n) is 5.06. The topological polar surface area (TPSA) is 9.23 Å². The predicted octanol–water partition coefficient (Wildman–Crippen LogP) is 3.03. The fourth-order valence-electron chi connectivity index (χ4n) is 2.85. The number of benzene rings is 1. The van der Waals surface area contributed by atoms with E-state index < -0.39 is 0 Å². The molecule has 0 saturated heterocycles. The van der Waals surface area contributed by atoms with Crippen molar-refractivity contribution in [1.29, 1.82) is 0 Å². The molecule has 2 aliphatic heterocycles. The highest BCUT2D eigenvalue weighted by Crippen LogP contribution is 2.54. The zero-order valence-electron chi connectivity index (χ0n) is 8.79. The number of ether oxygens (including phenoxy) is 1. The van der Waals surface area contributed by atoms with Crippen molar-refractivity contribution >= 4 is 0 Å². The van der Waals surface area contributed by atoms with Gasteiger partial charge in [-0.05, 0) is 49.6 Å². The second kappa shape index (κ2) is 2.12. The summed E-state index contributed by atoms with van der Waals surface area (Å²) < 4.78 is 6.09. The molecule has 0 saturated carbocycles. The minimum absolute atomic E-state index is 0.184. The first kappa shape index (κ1) is 8.25. The van der Waals surface area contributed by atoms with Crippen molar-refractivity contribution in [2.24, 2.45) is 0 Å². The van der Waals surface area contributed by atoms with Crippen LogP contribution in [0.5, 0.6) is 0 Å². The van der Waals surface area contributed by atoms with E-state index in [2.05, 4.69) is 51.1 Å². The number of hydrogen-bond acceptors (Lipinski definition) is 1. The first-order valence-corrected chi connectivity index (χ1v) is 5.06. The van der Waals surface area contributed by atoms with Gasteiger partial charge in [-0.2, -0.15) is 0 Å². The van der Waals surface area contributed by atoms with Crippen molar-refractivity contribution < 1.29 is 4.74 Å². The van der Waals surface area contributed by atoms with Crippen molar-refractivity contribution in [3.05, 3.63) is 47.0 Å². The average molecular weight is 186 g/mol. The largest absolute Gasteiger partial charge is 0.351 e. The molecule has 2 unspecified atom stereocenters. The molecule has 2 aliphatic rings. The Balaban J connectivity index is 2.38. The maximum Gasteiger partial charge on any atom is 0.111 e. The third-order valence-corrected chi connectivity index (χ3v) is 3.45. The zero-order chi connectivity index (χ0) is 9.97. The molecule has 72 valence electrons. The average Bonchev–Trinajstić information content (AvgIpc) is 2.54. The number of rotatable bonds is 0. The molecule has 0 fully saturated rings. The van der Waals surface area contributed by atoms with E-state index in [0.29, 0.717) is 0 Å². The zero-order valence-corrected chi connectivity index (χ0v) is 8.79. The molecule has 2 heterocycles. The van der Waals surface area contributed by atoms with Gasteiger partial charge in [0, 0.05) is 0 Å². The Kier molecular flexibility index (Phi) is 1.25. The molecule has 1 aromatic carbocycles. The van der Waals surface area contributed by atoms with Crippen LogP contribution in [0.4, 0.5) is 0 Å². The lowest BCUT2D eigenvalue weighted by Crippen LogP contribution is -2.17. The number of fused-ring (bicyclic) bond motifs is 5. The summed E-state index contributed by atoms with van der Waals surface area (Å²) in [5, 5.41) is 0. The van der Waals surface area contributed by atoms with Gasteiger partial charge in [0.15, 0.2) is 0 Å². The summed E-state index contributed by atoms with van der Waals surface area (Å²) in [5.41, 5.74) is 3.66. The lowest BCUT2D eigenvalue weighted by atomic mass is 9.81. The Morgan fingerprint density at radius 1 is 1.07 bits per heavy atom. The Hall–Kier alpha value is -1.08. The van der Waals surface area contributed by atoms with Crippen molar-refractivity contribution in [1.82, 2.24) is 0 Å². The molecule has 2 bridgehead atoms. The van der Waals surface area contributed by atoms with Gasteiger partial charge in [-0.25, -0.2) is 0 Å². The fraction of sp³-hybridized carbons (Fsp3) is 0.385. The number of aryl methyl sites for hydroxylation is 1. The highest BCUT2D eigenvalue weighted by molar-refractivity contribution is 5.53. The van der Waals surface area contributed by atoms with E-state index in [-0.39, 0.29) is 11.2 Å². The van der Waals surface area contributed by atoms with E-state index in [1.165, 1.54) is 16.7 Å². The predicted molar refractivity (Wildman–Crippen MR) is 56.1 cm³/mol. The Bertz CT molecular complexity index is 447. The van der Waals surface area contributed by atoms with Crippen LogP contribution in [0.3, 0.4) is 0 Å².